The van der Waals surface area contributed by atoms with Gasteiger partial charge >= 0.3 is 5.63 Å². The molecule has 0 unspecified atom stereocenters. The van der Waals surface area contributed by atoms with Crippen LogP contribution in [0.15, 0.2) is 39.5 Å². The lowest BCUT2D eigenvalue weighted by molar-refractivity contribution is 0.0740. The van der Waals surface area contributed by atoms with Crippen molar-refractivity contribution in [2.24, 2.45) is 0 Å². The number of carbonyl (C=O) groups excluding carboxylic acids is 1. The van der Waals surface area contributed by atoms with E-state index in [-0.39, 0.29) is 17.5 Å². The second-order valence-electron chi connectivity index (χ2n) is 5.76. The fourth-order valence-corrected chi connectivity index (χ4v) is 3.71. The zero-order chi connectivity index (χ0) is 17.4. The molecule has 0 saturated carbocycles. The SMILES string of the molecule is Cc1nc(C)c([C@H](C)N(C)C(=O)c2cc3ccccc3oc2=O)s1. The van der Waals surface area contributed by atoms with E-state index in [1.807, 2.05) is 32.9 Å². The minimum Gasteiger partial charge on any atom is -0.422 e. The monoisotopic (exact) mass is 342 g/mol. The highest BCUT2D eigenvalue weighted by atomic mass is 32.1. The van der Waals surface area contributed by atoms with Gasteiger partial charge in [-0.25, -0.2) is 9.78 Å². The van der Waals surface area contributed by atoms with Crippen LogP contribution in [0.1, 0.15) is 38.9 Å². The molecule has 24 heavy (non-hydrogen) atoms. The molecule has 0 bridgehead atoms. The molecule has 1 amide bonds. The Bertz CT molecular complexity index is 974. The Labute approximate surface area is 143 Å². The third-order valence-corrected chi connectivity index (χ3v) is 5.34. The van der Waals surface area contributed by atoms with Crippen molar-refractivity contribution in [2.75, 3.05) is 7.05 Å². The molecule has 1 aromatic carbocycles. The van der Waals surface area contributed by atoms with Gasteiger partial charge in [0.25, 0.3) is 5.91 Å². The molecule has 3 rings (SSSR count). The van der Waals surface area contributed by atoms with Gasteiger partial charge < -0.3 is 9.32 Å². The van der Waals surface area contributed by atoms with Gasteiger partial charge in [-0.15, -0.1) is 11.3 Å². The van der Waals surface area contributed by atoms with Crippen LogP contribution < -0.4 is 5.63 Å². The van der Waals surface area contributed by atoms with E-state index < -0.39 is 5.63 Å². The summed E-state index contributed by atoms with van der Waals surface area (Å²) in [5.41, 5.74) is 0.816. The minimum atomic E-state index is -0.616. The number of aryl methyl sites for hydroxylation is 2. The van der Waals surface area contributed by atoms with Crippen LogP contribution in [-0.4, -0.2) is 22.8 Å². The van der Waals surface area contributed by atoms with Crippen molar-refractivity contribution in [1.82, 2.24) is 9.88 Å². The number of carbonyl (C=O) groups is 1. The molecule has 0 aliphatic heterocycles. The average molecular weight is 342 g/mol. The van der Waals surface area contributed by atoms with Crippen LogP contribution in [0.25, 0.3) is 11.0 Å². The molecule has 1 atom stereocenters. The van der Waals surface area contributed by atoms with E-state index in [0.29, 0.717) is 5.58 Å². The summed E-state index contributed by atoms with van der Waals surface area (Å²) in [6, 6.07) is 8.57. The van der Waals surface area contributed by atoms with Crippen molar-refractivity contribution in [1.29, 1.82) is 0 Å². The Morgan fingerprint density at radius 2 is 2.00 bits per heavy atom. The first kappa shape index (κ1) is 16.4. The van der Waals surface area contributed by atoms with Gasteiger partial charge in [-0.3, -0.25) is 4.79 Å². The molecular weight excluding hydrogens is 324 g/mol. The number of rotatable bonds is 3. The lowest BCUT2D eigenvalue weighted by atomic mass is 10.1. The quantitative estimate of drug-likeness (QED) is 0.681. The fraction of sp³-hybridized carbons (Fsp3) is 0.278. The summed E-state index contributed by atoms with van der Waals surface area (Å²) in [7, 11) is 1.69. The molecule has 0 aliphatic rings. The Balaban J connectivity index is 1.97. The fourth-order valence-electron chi connectivity index (χ4n) is 2.69. The standard InChI is InChI=1S/C18H18N2O3S/c1-10-16(24-12(3)19-10)11(2)20(4)17(21)14-9-13-7-5-6-8-15(13)23-18(14)22/h5-9,11H,1-4H3/t11-/m0/s1. The molecule has 0 saturated heterocycles. The largest absolute Gasteiger partial charge is 0.422 e. The third kappa shape index (κ3) is 2.85. The predicted molar refractivity (Wildman–Crippen MR) is 94.6 cm³/mol. The normalized spacial score (nSPS) is 12.3. The summed E-state index contributed by atoms with van der Waals surface area (Å²) >= 11 is 1.56. The number of thiazole rings is 1. The molecular formula is C18H18N2O3S. The minimum absolute atomic E-state index is 0.0435. The number of para-hydroxylation sites is 1. The van der Waals surface area contributed by atoms with Crippen LogP contribution in [-0.2, 0) is 0 Å². The van der Waals surface area contributed by atoms with E-state index in [1.165, 1.54) is 0 Å². The van der Waals surface area contributed by atoms with Gasteiger partial charge in [0.05, 0.1) is 16.7 Å². The number of amides is 1. The van der Waals surface area contributed by atoms with Crippen molar-refractivity contribution in [3.63, 3.8) is 0 Å². The van der Waals surface area contributed by atoms with E-state index in [9.17, 15) is 9.59 Å². The topological polar surface area (TPSA) is 63.4 Å². The van der Waals surface area contributed by atoms with Gasteiger partial charge in [0, 0.05) is 17.3 Å². The molecule has 3 aromatic rings. The molecule has 0 radical (unpaired) electrons. The van der Waals surface area contributed by atoms with Crippen LogP contribution in [0.4, 0.5) is 0 Å². The summed E-state index contributed by atoms with van der Waals surface area (Å²) in [5, 5.41) is 1.69. The molecule has 5 nitrogen and oxygen atoms in total. The number of aromatic nitrogens is 1. The first-order valence-corrected chi connectivity index (χ1v) is 8.44. The van der Waals surface area contributed by atoms with E-state index in [4.69, 9.17) is 4.42 Å². The zero-order valence-corrected chi connectivity index (χ0v) is 14.8. The van der Waals surface area contributed by atoms with E-state index in [2.05, 4.69) is 4.98 Å². The van der Waals surface area contributed by atoms with Crippen LogP contribution in [0.3, 0.4) is 0 Å². The van der Waals surface area contributed by atoms with Gasteiger partial charge in [0.1, 0.15) is 11.1 Å². The van der Waals surface area contributed by atoms with Crippen LogP contribution in [0, 0.1) is 13.8 Å². The Kier molecular flexibility index (Phi) is 4.24. The molecule has 0 aliphatic carbocycles. The molecule has 6 heteroatoms. The van der Waals surface area contributed by atoms with E-state index in [0.717, 1.165) is 21.0 Å². The zero-order valence-electron chi connectivity index (χ0n) is 14.0. The van der Waals surface area contributed by atoms with Gasteiger partial charge in [-0.05, 0) is 32.9 Å². The Morgan fingerprint density at radius 1 is 1.29 bits per heavy atom. The maximum atomic E-state index is 12.8. The van der Waals surface area contributed by atoms with Gasteiger partial charge in [0.15, 0.2) is 0 Å². The number of fused-ring (bicyclic) bond motifs is 1. The molecule has 2 aromatic heterocycles. The summed E-state index contributed by atoms with van der Waals surface area (Å²) in [6.45, 7) is 5.80. The first-order valence-electron chi connectivity index (χ1n) is 7.62. The molecule has 2 heterocycles. The van der Waals surface area contributed by atoms with Crippen LogP contribution in [0.5, 0.6) is 0 Å². The maximum absolute atomic E-state index is 12.8. The van der Waals surface area contributed by atoms with E-state index in [1.54, 1.807) is 41.5 Å². The number of benzene rings is 1. The second-order valence-corrected chi connectivity index (χ2v) is 6.99. The maximum Gasteiger partial charge on any atom is 0.349 e. The van der Waals surface area contributed by atoms with E-state index >= 15 is 0 Å². The summed E-state index contributed by atoms with van der Waals surface area (Å²) in [5.74, 6) is -0.354. The highest BCUT2D eigenvalue weighted by molar-refractivity contribution is 7.11. The molecule has 0 N–H and O–H groups in total. The highest BCUT2D eigenvalue weighted by Crippen LogP contribution is 2.29. The van der Waals surface area contributed by atoms with Crippen molar-refractivity contribution in [3.05, 3.63) is 61.9 Å². The third-order valence-electron chi connectivity index (χ3n) is 4.09. The first-order chi connectivity index (χ1) is 11.4. The Hall–Kier alpha value is -2.47. The summed E-state index contributed by atoms with van der Waals surface area (Å²) < 4.78 is 5.26. The number of hydrogen-bond donors (Lipinski definition) is 0. The lowest BCUT2D eigenvalue weighted by Crippen LogP contribution is -2.32. The lowest BCUT2D eigenvalue weighted by Gasteiger charge is -2.24. The number of nitrogens with zero attached hydrogens (tertiary/aromatic N) is 2. The second kappa shape index (κ2) is 6.20. The number of hydrogen-bond acceptors (Lipinski definition) is 5. The van der Waals surface area contributed by atoms with Gasteiger partial charge in [-0.1, -0.05) is 18.2 Å². The molecule has 124 valence electrons. The van der Waals surface area contributed by atoms with Crippen molar-refractivity contribution in [2.45, 2.75) is 26.8 Å². The summed E-state index contributed by atoms with van der Waals surface area (Å²) in [6.07, 6.45) is 0. The van der Waals surface area contributed by atoms with Crippen molar-refractivity contribution >= 4 is 28.2 Å². The van der Waals surface area contributed by atoms with Crippen LogP contribution in [0.2, 0.25) is 0 Å². The van der Waals surface area contributed by atoms with Gasteiger partial charge in [-0.2, -0.15) is 0 Å². The van der Waals surface area contributed by atoms with Crippen molar-refractivity contribution < 1.29 is 9.21 Å². The highest BCUT2D eigenvalue weighted by Gasteiger charge is 2.25. The molecule has 0 spiro atoms. The molecule has 0 fully saturated rings. The predicted octanol–water partition coefficient (Wildman–Crippen LogP) is 3.70. The Morgan fingerprint density at radius 3 is 2.67 bits per heavy atom. The summed E-state index contributed by atoms with van der Waals surface area (Å²) in [4.78, 5) is 32.0. The van der Waals surface area contributed by atoms with Crippen LogP contribution >= 0.6 is 11.3 Å². The smallest absolute Gasteiger partial charge is 0.349 e. The van der Waals surface area contributed by atoms with Gasteiger partial charge in [0.2, 0.25) is 0 Å². The van der Waals surface area contributed by atoms with Crippen molar-refractivity contribution in [3.8, 4) is 0 Å². The average Bonchev–Trinajstić information content (AvgIpc) is 2.90.